The lowest BCUT2D eigenvalue weighted by Gasteiger charge is -1.99. The number of halogens is 2. The monoisotopic (exact) mass is 255 g/mol. The normalized spacial score (nSPS) is 11.8. The second kappa shape index (κ2) is 5.06. The van der Waals surface area contributed by atoms with Crippen LogP contribution in [0.4, 0.5) is 0 Å². The van der Waals surface area contributed by atoms with Crippen molar-refractivity contribution in [3.8, 4) is 6.07 Å². The molecule has 0 amide bonds. The van der Waals surface area contributed by atoms with Gasteiger partial charge >= 0.3 is 0 Å². The Morgan fingerprint density at radius 2 is 2.00 bits per heavy atom. The minimum Gasteiger partial charge on any atom is -0.192 e. The Morgan fingerprint density at radius 3 is 2.46 bits per heavy atom. The predicted molar refractivity (Wildman–Crippen MR) is 58.6 cm³/mol. The Balaban J connectivity index is 3.15. The molecular formula is C10H7BrClN. The molecule has 0 saturated heterocycles. The van der Waals surface area contributed by atoms with E-state index in [1.807, 2.05) is 30.3 Å². The van der Waals surface area contributed by atoms with Crippen molar-refractivity contribution in [1.29, 1.82) is 5.26 Å². The fraction of sp³-hybridized carbons (Fsp3) is 0.100. The van der Waals surface area contributed by atoms with E-state index in [-0.39, 0.29) is 0 Å². The summed E-state index contributed by atoms with van der Waals surface area (Å²) in [4.78, 5) is 0. The van der Waals surface area contributed by atoms with Crippen molar-refractivity contribution < 1.29 is 0 Å². The van der Waals surface area contributed by atoms with Gasteiger partial charge in [-0.15, -0.1) is 0 Å². The maximum Gasteiger partial charge on any atom is 0.101 e. The summed E-state index contributed by atoms with van der Waals surface area (Å²) >= 11 is 9.09. The zero-order chi connectivity index (χ0) is 9.68. The molecule has 0 heterocycles. The third kappa shape index (κ3) is 2.58. The highest BCUT2D eigenvalue weighted by Crippen LogP contribution is 2.21. The lowest BCUT2D eigenvalue weighted by Crippen LogP contribution is -1.85. The number of nitriles is 1. The van der Waals surface area contributed by atoms with Gasteiger partial charge in [-0.2, -0.15) is 5.26 Å². The van der Waals surface area contributed by atoms with Gasteiger partial charge in [0.25, 0.3) is 0 Å². The van der Waals surface area contributed by atoms with Gasteiger partial charge in [0.15, 0.2) is 0 Å². The van der Waals surface area contributed by atoms with Crippen molar-refractivity contribution in [1.82, 2.24) is 0 Å². The Kier molecular flexibility index (Phi) is 4.01. The molecule has 0 atom stereocenters. The van der Waals surface area contributed by atoms with Crippen LogP contribution in [0.2, 0.25) is 0 Å². The van der Waals surface area contributed by atoms with Crippen LogP contribution in [0, 0.1) is 11.3 Å². The van der Waals surface area contributed by atoms with Crippen molar-refractivity contribution in [2.24, 2.45) is 0 Å². The van der Waals surface area contributed by atoms with Gasteiger partial charge in [-0.25, -0.2) is 0 Å². The van der Waals surface area contributed by atoms with Crippen molar-refractivity contribution >= 4 is 33.1 Å². The molecule has 0 aliphatic rings. The molecule has 1 rings (SSSR count). The molecule has 0 bridgehead atoms. The quantitative estimate of drug-likeness (QED) is 0.586. The first-order chi connectivity index (χ1) is 6.29. The average Bonchev–Trinajstić information content (AvgIpc) is 2.20. The van der Waals surface area contributed by atoms with E-state index in [1.165, 1.54) is 0 Å². The lowest BCUT2D eigenvalue weighted by molar-refractivity contribution is 1.51. The molecule has 1 aromatic rings. The highest BCUT2D eigenvalue weighted by atomic mass is 79.9. The van der Waals surface area contributed by atoms with Crippen LogP contribution >= 0.6 is 27.5 Å². The molecule has 0 saturated carbocycles. The molecule has 3 heteroatoms. The Hall–Kier alpha value is -0.780. The molecule has 1 aromatic carbocycles. The fourth-order valence-electron chi connectivity index (χ4n) is 0.953. The first kappa shape index (κ1) is 10.3. The second-order valence-corrected chi connectivity index (χ2v) is 3.41. The summed E-state index contributed by atoms with van der Waals surface area (Å²) in [6.45, 7) is 0. The third-order valence-electron chi connectivity index (χ3n) is 1.56. The molecule has 0 N–H and O–H groups in total. The van der Waals surface area contributed by atoms with E-state index in [4.69, 9.17) is 16.9 Å². The zero-order valence-electron chi connectivity index (χ0n) is 6.80. The Morgan fingerprint density at radius 1 is 1.38 bits per heavy atom. The molecule has 0 fully saturated rings. The van der Waals surface area contributed by atoms with Gasteiger partial charge in [-0.3, -0.25) is 0 Å². The molecule has 66 valence electrons. The van der Waals surface area contributed by atoms with Crippen LogP contribution in [-0.4, -0.2) is 5.33 Å². The summed E-state index contributed by atoms with van der Waals surface area (Å²) in [5.74, 6) is 0. The van der Waals surface area contributed by atoms with Gasteiger partial charge in [0.05, 0.1) is 5.57 Å². The highest BCUT2D eigenvalue weighted by molar-refractivity contribution is 9.09. The fourth-order valence-corrected chi connectivity index (χ4v) is 1.39. The van der Waals surface area contributed by atoms with E-state index in [0.29, 0.717) is 15.9 Å². The summed E-state index contributed by atoms with van der Waals surface area (Å²) in [6.07, 6.45) is 0. The number of benzene rings is 1. The Labute approximate surface area is 90.8 Å². The Bertz CT molecular complexity index is 351. The van der Waals surface area contributed by atoms with Gasteiger partial charge in [0.1, 0.15) is 6.07 Å². The first-order valence-electron chi connectivity index (χ1n) is 3.69. The molecule has 0 aliphatic carbocycles. The summed E-state index contributed by atoms with van der Waals surface area (Å²) in [6, 6.07) is 11.5. The van der Waals surface area contributed by atoms with E-state index < -0.39 is 0 Å². The SMILES string of the molecule is N#CC(=C(Cl)CBr)c1ccccc1. The van der Waals surface area contributed by atoms with Gasteiger partial charge in [0, 0.05) is 10.4 Å². The van der Waals surface area contributed by atoms with Crippen molar-refractivity contribution in [2.75, 3.05) is 5.33 Å². The molecule has 0 unspecified atom stereocenters. The van der Waals surface area contributed by atoms with E-state index in [0.717, 1.165) is 5.56 Å². The van der Waals surface area contributed by atoms with Crippen LogP contribution in [0.3, 0.4) is 0 Å². The number of hydrogen-bond acceptors (Lipinski definition) is 1. The van der Waals surface area contributed by atoms with Gasteiger partial charge in [0.2, 0.25) is 0 Å². The number of allylic oxidation sites excluding steroid dienone is 2. The zero-order valence-corrected chi connectivity index (χ0v) is 9.14. The smallest absolute Gasteiger partial charge is 0.101 e. The summed E-state index contributed by atoms with van der Waals surface area (Å²) in [5.41, 5.74) is 1.38. The van der Waals surface area contributed by atoms with Crippen LogP contribution in [0.15, 0.2) is 35.4 Å². The van der Waals surface area contributed by atoms with Crippen molar-refractivity contribution in [2.45, 2.75) is 0 Å². The second-order valence-electron chi connectivity index (χ2n) is 2.39. The topological polar surface area (TPSA) is 23.8 Å². The van der Waals surface area contributed by atoms with Gasteiger partial charge in [-0.1, -0.05) is 57.9 Å². The lowest BCUT2D eigenvalue weighted by atomic mass is 10.1. The molecule has 1 nitrogen and oxygen atoms in total. The van der Waals surface area contributed by atoms with Gasteiger partial charge < -0.3 is 0 Å². The number of alkyl halides is 1. The number of hydrogen-bond donors (Lipinski definition) is 0. The predicted octanol–water partition coefficient (Wildman–Crippen LogP) is 3.55. The van der Waals surface area contributed by atoms with E-state index in [2.05, 4.69) is 22.0 Å². The largest absolute Gasteiger partial charge is 0.192 e. The van der Waals surface area contributed by atoms with Gasteiger partial charge in [-0.05, 0) is 5.56 Å². The maximum absolute atomic E-state index is 8.87. The first-order valence-corrected chi connectivity index (χ1v) is 5.19. The molecule has 0 aliphatic heterocycles. The van der Waals surface area contributed by atoms with Crippen LogP contribution in [-0.2, 0) is 0 Å². The molecular weight excluding hydrogens is 249 g/mol. The van der Waals surface area contributed by atoms with Crippen molar-refractivity contribution in [3.05, 3.63) is 40.9 Å². The van der Waals surface area contributed by atoms with Crippen LogP contribution in [0.25, 0.3) is 5.57 Å². The third-order valence-corrected chi connectivity index (χ3v) is 2.77. The summed E-state index contributed by atoms with van der Waals surface area (Å²) < 4.78 is 0. The molecule has 0 radical (unpaired) electrons. The van der Waals surface area contributed by atoms with E-state index >= 15 is 0 Å². The van der Waals surface area contributed by atoms with E-state index in [9.17, 15) is 0 Å². The average molecular weight is 257 g/mol. The summed E-state index contributed by atoms with van der Waals surface area (Å²) in [5, 5.41) is 9.91. The molecule has 0 spiro atoms. The maximum atomic E-state index is 8.87. The molecule has 0 aromatic heterocycles. The number of nitrogens with zero attached hydrogens (tertiary/aromatic N) is 1. The minimum atomic E-state index is 0.506. The highest BCUT2D eigenvalue weighted by Gasteiger charge is 2.04. The van der Waals surface area contributed by atoms with E-state index in [1.54, 1.807) is 0 Å². The van der Waals surface area contributed by atoms with Crippen molar-refractivity contribution in [3.63, 3.8) is 0 Å². The minimum absolute atomic E-state index is 0.506. The van der Waals surface area contributed by atoms with Crippen LogP contribution < -0.4 is 0 Å². The molecule has 13 heavy (non-hydrogen) atoms. The van der Waals surface area contributed by atoms with Crippen LogP contribution in [0.5, 0.6) is 0 Å². The number of rotatable bonds is 2. The van der Waals surface area contributed by atoms with Crippen LogP contribution in [0.1, 0.15) is 5.56 Å². The standard InChI is InChI=1S/C10H7BrClN/c11-6-10(12)9(7-13)8-4-2-1-3-5-8/h1-5H,6H2. The summed E-state index contributed by atoms with van der Waals surface area (Å²) in [7, 11) is 0.